The van der Waals surface area contributed by atoms with Crippen molar-refractivity contribution in [3.63, 3.8) is 0 Å². The van der Waals surface area contributed by atoms with Gasteiger partial charge < -0.3 is 5.32 Å². The van der Waals surface area contributed by atoms with Crippen molar-refractivity contribution in [1.82, 2.24) is 5.32 Å². The summed E-state index contributed by atoms with van der Waals surface area (Å²) in [5.41, 5.74) is 0.429. The number of thiophene rings is 1. The average molecular weight is 296 g/mol. The van der Waals surface area contributed by atoms with Gasteiger partial charge in [0.2, 0.25) is 0 Å². The zero-order valence-electron chi connectivity index (χ0n) is 14.3. The summed E-state index contributed by atoms with van der Waals surface area (Å²) >= 11 is 1.99. The summed E-state index contributed by atoms with van der Waals surface area (Å²) in [6, 6.07) is 5.17. The van der Waals surface area contributed by atoms with Crippen molar-refractivity contribution < 1.29 is 0 Å². The number of rotatable bonds is 8. The van der Waals surface area contributed by atoms with Crippen LogP contribution in [0.4, 0.5) is 0 Å². The van der Waals surface area contributed by atoms with Gasteiger partial charge in [-0.15, -0.1) is 11.3 Å². The highest BCUT2D eigenvalue weighted by Crippen LogP contribution is 2.33. The SMILES string of the molecule is CCCNC(CC(C)CC(C)(C)C)c1ccc(CC)s1. The lowest BCUT2D eigenvalue weighted by molar-refractivity contribution is 0.277. The summed E-state index contributed by atoms with van der Waals surface area (Å²) in [7, 11) is 0. The Balaban J connectivity index is 2.68. The summed E-state index contributed by atoms with van der Waals surface area (Å²) in [5, 5.41) is 3.75. The van der Waals surface area contributed by atoms with Crippen LogP contribution in [0.15, 0.2) is 12.1 Å². The molecular formula is C18H33NS. The molecular weight excluding hydrogens is 262 g/mol. The van der Waals surface area contributed by atoms with Crippen molar-refractivity contribution in [3.05, 3.63) is 21.9 Å². The molecule has 1 nitrogen and oxygen atoms in total. The molecule has 0 saturated carbocycles. The highest BCUT2D eigenvalue weighted by molar-refractivity contribution is 7.12. The molecule has 116 valence electrons. The zero-order chi connectivity index (χ0) is 15.2. The molecule has 0 spiro atoms. The summed E-state index contributed by atoms with van der Waals surface area (Å²) in [4.78, 5) is 3.03. The topological polar surface area (TPSA) is 12.0 Å². The Morgan fingerprint density at radius 2 is 1.90 bits per heavy atom. The molecule has 1 N–H and O–H groups in total. The van der Waals surface area contributed by atoms with Gasteiger partial charge in [-0.3, -0.25) is 0 Å². The molecule has 1 rings (SSSR count). The first-order valence-corrected chi connectivity index (χ1v) is 8.99. The molecule has 0 bridgehead atoms. The predicted molar refractivity (Wildman–Crippen MR) is 92.6 cm³/mol. The Morgan fingerprint density at radius 3 is 2.40 bits per heavy atom. The normalized spacial score (nSPS) is 15.3. The van der Waals surface area contributed by atoms with E-state index in [1.165, 1.54) is 29.0 Å². The minimum absolute atomic E-state index is 0.429. The van der Waals surface area contributed by atoms with E-state index in [9.17, 15) is 0 Å². The molecule has 2 heteroatoms. The van der Waals surface area contributed by atoms with Gasteiger partial charge in [0.05, 0.1) is 0 Å². The maximum Gasteiger partial charge on any atom is 0.0417 e. The molecule has 2 unspecified atom stereocenters. The average Bonchev–Trinajstić information content (AvgIpc) is 2.80. The van der Waals surface area contributed by atoms with Gasteiger partial charge in [-0.25, -0.2) is 0 Å². The fourth-order valence-corrected chi connectivity index (χ4v) is 3.96. The minimum Gasteiger partial charge on any atom is -0.309 e. The van der Waals surface area contributed by atoms with Gasteiger partial charge in [-0.05, 0) is 55.7 Å². The minimum atomic E-state index is 0.429. The lowest BCUT2D eigenvalue weighted by Gasteiger charge is -2.27. The Labute approximate surface area is 130 Å². The van der Waals surface area contributed by atoms with Crippen LogP contribution in [0.2, 0.25) is 0 Å². The smallest absolute Gasteiger partial charge is 0.0417 e. The zero-order valence-corrected chi connectivity index (χ0v) is 15.1. The Hall–Kier alpha value is -0.340. The fraction of sp³-hybridized carbons (Fsp3) is 0.778. The molecule has 0 aliphatic carbocycles. The molecule has 20 heavy (non-hydrogen) atoms. The van der Waals surface area contributed by atoms with Crippen LogP contribution in [-0.2, 0) is 6.42 Å². The molecule has 1 heterocycles. The van der Waals surface area contributed by atoms with Crippen molar-refractivity contribution in [2.75, 3.05) is 6.54 Å². The third kappa shape index (κ3) is 6.41. The standard InChI is InChI=1S/C18H33NS/c1-7-11-19-16(12-14(3)13-18(4,5)6)17-10-9-15(8-2)20-17/h9-10,14,16,19H,7-8,11-13H2,1-6H3. The number of nitrogens with one attached hydrogen (secondary N) is 1. The molecule has 0 fully saturated rings. The predicted octanol–water partition coefficient (Wildman–Crippen LogP) is 5.81. The lowest BCUT2D eigenvalue weighted by atomic mass is 9.82. The quantitative estimate of drug-likeness (QED) is 0.638. The highest BCUT2D eigenvalue weighted by Gasteiger charge is 2.20. The van der Waals surface area contributed by atoms with Crippen LogP contribution in [0.3, 0.4) is 0 Å². The van der Waals surface area contributed by atoms with Crippen molar-refractivity contribution in [2.45, 2.75) is 73.3 Å². The van der Waals surface area contributed by atoms with E-state index in [-0.39, 0.29) is 0 Å². The first-order valence-electron chi connectivity index (χ1n) is 8.17. The molecule has 0 aromatic carbocycles. The van der Waals surface area contributed by atoms with E-state index in [2.05, 4.69) is 59.0 Å². The van der Waals surface area contributed by atoms with Gasteiger partial charge in [0.15, 0.2) is 0 Å². The summed E-state index contributed by atoms with van der Waals surface area (Å²) in [6.45, 7) is 15.0. The van der Waals surface area contributed by atoms with Crippen molar-refractivity contribution in [1.29, 1.82) is 0 Å². The van der Waals surface area contributed by atoms with E-state index < -0.39 is 0 Å². The first kappa shape index (κ1) is 17.7. The van der Waals surface area contributed by atoms with Crippen LogP contribution in [0.25, 0.3) is 0 Å². The third-order valence-corrected chi connectivity index (χ3v) is 4.96. The molecule has 1 aromatic rings. The molecule has 0 aliphatic rings. The van der Waals surface area contributed by atoms with Crippen LogP contribution in [0.1, 0.15) is 76.6 Å². The van der Waals surface area contributed by atoms with Crippen LogP contribution in [-0.4, -0.2) is 6.54 Å². The van der Waals surface area contributed by atoms with Crippen LogP contribution >= 0.6 is 11.3 Å². The van der Waals surface area contributed by atoms with Gasteiger partial charge in [0.25, 0.3) is 0 Å². The van der Waals surface area contributed by atoms with Gasteiger partial charge in [-0.1, -0.05) is 41.5 Å². The monoisotopic (exact) mass is 295 g/mol. The van der Waals surface area contributed by atoms with E-state index in [0.717, 1.165) is 18.9 Å². The summed E-state index contributed by atoms with van der Waals surface area (Å²) in [5.74, 6) is 0.761. The molecule has 0 aliphatic heterocycles. The molecule has 1 aromatic heterocycles. The van der Waals surface area contributed by atoms with Crippen LogP contribution in [0, 0.1) is 11.3 Å². The number of hydrogen-bond acceptors (Lipinski definition) is 2. The van der Waals surface area contributed by atoms with Crippen LogP contribution in [0.5, 0.6) is 0 Å². The second-order valence-electron chi connectivity index (χ2n) is 7.27. The molecule has 0 radical (unpaired) electrons. The molecule has 0 saturated heterocycles. The van der Waals surface area contributed by atoms with E-state index in [4.69, 9.17) is 0 Å². The Morgan fingerprint density at radius 1 is 1.20 bits per heavy atom. The summed E-state index contributed by atoms with van der Waals surface area (Å²) < 4.78 is 0. The second-order valence-corrected chi connectivity index (χ2v) is 8.47. The summed E-state index contributed by atoms with van der Waals surface area (Å²) in [6.07, 6.45) is 4.91. The van der Waals surface area contributed by atoms with Gasteiger partial charge in [0, 0.05) is 15.8 Å². The van der Waals surface area contributed by atoms with Gasteiger partial charge in [-0.2, -0.15) is 0 Å². The maximum absolute atomic E-state index is 3.75. The largest absolute Gasteiger partial charge is 0.309 e. The van der Waals surface area contributed by atoms with Crippen molar-refractivity contribution >= 4 is 11.3 Å². The molecule has 2 atom stereocenters. The van der Waals surface area contributed by atoms with Crippen molar-refractivity contribution in [2.24, 2.45) is 11.3 Å². The second kappa shape index (κ2) is 8.19. The fourth-order valence-electron chi connectivity index (χ4n) is 2.92. The molecule has 0 amide bonds. The van der Waals surface area contributed by atoms with E-state index in [0.29, 0.717) is 11.5 Å². The van der Waals surface area contributed by atoms with Gasteiger partial charge in [0.1, 0.15) is 0 Å². The van der Waals surface area contributed by atoms with Crippen molar-refractivity contribution in [3.8, 4) is 0 Å². The first-order chi connectivity index (χ1) is 9.35. The Bertz CT molecular complexity index is 375. The lowest BCUT2D eigenvalue weighted by Crippen LogP contribution is -2.24. The number of aryl methyl sites for hydroxylation is 1. The maximum atomic E-state index is 3.75. The van der Waals surface area contributed by atoms with E-state index in [1.54, 1.807) is 0 Å². The third-order valence-electron chi connectivity index (χ3n) is 3.61. The Kier molecular flexibility index (Phi) is 7.25. The number of hydrogen-bond donors (Lipinski definition) is 1. The van der Waals surface area contributed by atoms with Gasteiger partial charge >= 0.3 is 0 Å². The van der Waals surface area contributed by atoms with Crippen LogP contribution < -0.4 is 5.32 Å². The van der Waals surface area contributed by atoms with E-state index >= 15 is 0 Å². The highest BCUT2D eigenvalue weighted by atomic mass is 32.1. The van der Waals surface area contributed by atoms with E-state index in [1.807, 2.05) is 11.3 Å².